The number of aromatic nitrogens is 1. The molecule has 0 amide bonds. The molecule has 0 unspecified atom stereocenters. The summed E-state index contributed by atoms with van der Waals surface area (Å²) in [5.74, 6) is -1.71. The summed E-state index contributed by atoms with van der Waals surface area (Å²) in [6.45, 7) is 0. The number of ether oxygens (including phenoxy) is 1. The van der Waals surface area contributed by atoms with Crippen LogP contribution in [0, 0.1) is 0 Å². The van der Waals surface area contributed by atoms with Gasteiger partial charge >= 0.3 is 6.36 Å². The van der Waals surface area contributed by atoms with Crippen molar-refractivity contribution in [1.29, 1.82) is 0 Å². The molecule has 0 atom stereocenters. The van der Waals surface area contributed by atoms with E-state index >= 15 is 0 Å². The average molecular weight is 283 g/mol. The summed E-state index contributed by atoms with van der Waals surface area (Å²) < 4.78 is 40.6. The first-order chi connectivity index (χ1) is 9.37. The number of carbonyl (C=O) groups is 1. The molecule has 0 fully saturated rings. The van der Waals surface area contributed by atoms with E-state index in [4.69, 9.17) is 0 Å². The molecule has 0 saturated heterocycles. The fourth-order valence-electron chi connectivity index (χ4n) is 1.57. The van der Waals surface area contributed by atoms with Crippen LogP contribution >= 0.6 is 0 Å². The molecular formula is C13H8F3NO3. The highest BCUT2D eigenvalue weighted by atomic mass is 19.4. The summed E-state index contributed by atoms with van der Waals surface area (Å²) >= 11 is 0. The smallest absolute Gasteiger partial charge is 0.508 e. The molecule has 7 heteroatoms. The molecule has 0 bridgehead atoms. The van der Waals surface area contributed by atoms with Crippen molar-refractivity contribution in [3.05, 3.63) is 53.9 Å². The van der Waals surface area contributed by atoms with Crippen molar-refractivity contribution in [3.63, 3.8) is 0 Å². The summed E-state index contributed by atoms with van der Waals surface area (Å²) in [5.41, 5.74) is -0.244. The molecule has 104 valence electrons. The minimum absolute atomic E-state index is 0.137. The number of nitrogens with zero attached hydrogens (tertiary/aromatic N) is 1. The second-order valence-electron chi connectivity index (χ2n) is 3.79. The third-order valence-electron chi connectivity index (χ3n) is 2.38. The standard InChI is InChI=1S/C13H8F3NO3/c14-13(15,16)20-11-2-1-9(18)7-10(11)12(19)8-3-5-17-6-4-8/h1-7,18H. The molecule has 20 heavy (non-hydrogen) atoms. The van der Waals surface area contributed by atoms with Gasteiger partial charge in [0.2, 0.25) is 0 Å². The van der Waals surface area contributed by atoms with Crippen LogP contribution in [0.2, 0.25) is 0 Å². The molecule has 1 aromatic heterocycles. The lowest BCUT2D eigenvalue weighted by Crippen LogP contribution is -2.19. The average Bonchev–Trinajstić information content (AvgIpc) is 2.39. The van der Waals surface area contributed by atoms with Crippen molar-refractivity contribution in [2.75, 3.05) is 0 Å². The number of rotatable bonds is 3. The summed E-state index contributed by atoms with van der Waals surface area (Å²) in [4.78, 5) is 15.8. The van der Waals surface area contributed by atoms with Crippen LogP contribution in [-0.4, -0.2) is 22.2 Å². The van der Waals surface area contributed by atoms with Crippen LogP contribution < -0.4 is 4.74 Å². The summed E-state index contributed by atoms with van der Waals surface area (Å²) in [7, 11) is 0. The highest BCUT2D eigenvalue weighted by Gasteiger charge is 2.33. The third kappa shape index (κ3) is 3.25. The van der Waals surface area contributed by atoms with Gasteiger partial charge in [-0.15, -0.1) is 13.2 Å². The summed E-state index contributed by atoms with van der Waals surface area (Å²) in [6, 6.07) is 5.51. The number of phenolic OH excluding ortho intramolecular Hbond substituents is 1. The van der Waals surface area contributed by atoms with Crippen LogP contribution in [0.3, 0.4) is 0 Å². The van der Waals surface area contributed by atoms with Crippen molar-refractivity contribution in [2.24, 2.45) is 0 Å². The fraction of sp³-hybridized carbons (Fsp3) is 0.0769. The summed E-state index contributed by atoms with van der Waals surface area (Å²) in [5, 5.41) is 9.33. The van der Waals surface area contributed by atoms with Gasteiger partial charge < -0.3 is 9.84 Å². The maximum Gasteiger partial charge on any atom is 0.573 e. The Kier molecular flexibility index (Phi) is 3.60. The number of ketones is 1. The number of hydrogen-bond donors (Lipinski definition) is 1. The Labute approximate surface area is 111 Å². The highest BCUT2D eigenvalue weighted by molar-refractivity contribution is 6.10. The van der Waals surface area contributed by atoms with Gasteiger partial charge in [0, 0.05) is 18.0 Å². The lowest BCUT2D eigenvalue weighted by atomic mass is 10.0. The Morgan fingerprint density at radius 1 is 1.15 bits per heavy atom. The lowest BCUT2D eigenvalue weighted by Gasteiger charge is -2.12. The van der Waals surface area contributed by atoms with Crippen molar-refractivity contribution in [3.8, 4) is 11.5 Å². The van der Waals surface area contributed by atoms with Gasteiger partial charge in [-0.05, 0) is 30.3 Å². The number of benzene rings is 1. The minimum atomic E-state index is -4.93. The van der Waals surface area contributed by atoms with E-state index in [1.165, 1.54) is 24.5 Å². The van der Waals surface area contributed by atoms with Gasteiger partial charge in [-0.2, -0.15) is 0 Å². The first-order valence-corrected chi connectivity index (χ1v) is 5.40. The van der Waals surface area contributed by atoms with Crippen LogP contribution in [0.1, 0.15) is 15.9 Å². The van der Waals surface area contributed by atoms with E-state index in [0.717, 1.165) is 18.2 Å². The number of pyridine rings is 1. The predicted octanol–water partition coefficient (Wildman–Crippen LogP) is 2.92. The molecule has 0 aliphatic heterocycles. The number of phenols is 1. The van der Waals surface area contributed by atoms with Gasteiger partial charge in [-0.1, -0.05) is 0 Å². The Morgan fingerprint density at radius 3 is 2.40 bits per heavy atom. The monoisotopic (exact) mass is 283 g/mol. The van der Waals surface area contributed by atoms with E-state index in [1.807, 2.05) is 0 Å². The van der Waals surface area contributed by atoms with Crippen LogP contribution in [0.25, 0.3) is 0 Å². The molecule has 0 aliphatic rings. The largest absolute Gasteiger partial charge is 0.573 e. The maximum atomic E-state index is 12.3. The molecule has 0 aliphatic carbocycles. The van der Waals surface area contributed by atoms with Crippen LogP contribution in [0.15, 0.2) is 42.7 Å². The second kappa shape index (κ2) is 5.20. The quantitative estimate of drug-likeness (QED) is 0.880. The van der Waals surface area contributed by atoms with E-state index in [9.17, 15) is 23.1 Å². The molecule has 0 spiro atoms. The normalized spacial score (nSPS) is 11.2. The zero-order chi connectivity index (χ0) is 14.8. The van der Waals surface area contributed by atoms with E-state index < -0.39 is 17.9 Å². The van der Waals surface area contributed by atoms with Crippen molar-refractivity contribution >= 4 is 5.78 Å². The van der Waals surface area contributed by atoms with Gasteiger partial charge in [-0.25, -0.2) is 0 Å². The molecule has 1 heterocycles. The van der Waals surface area contributed by atoms with E-state index in [-0.39, 0.29) is 16.9 Å². The predicted molar refractivity (Wildman–Crippen MR) is 62.5 cm³/mol. The molecular weight excluding hydrogens is 275 g/mol. The van der Waals surface area contributed by atoms with E-state index in [0.29, 0.717) is 0 Å². The van der Waals surface area contributed by atoms with Crippen molar-refractivity contribution < 1.29 is 27.8 Å². The molecule has 1 N–H and O–H groups in total. The summed E-state index contributed by atoms with van der Waals surface area (Å²) in [6.07, 6.45) is -2.26. The second-order valence-corrected chi connectivity index (χ2v) is 3.79. The van der Waals surface area contributed by atoms with Crippen LogP contribution in [0.4, 0.5) is 13.2 Å². The van der Waals surface area contributed by atoms with Gasteiger partial charge in [-0.3, -0.25) is 9.78 Å². The fourth-order valence-corrected chi connectivity index (χ4v) is 1.57. The zero-order valence-electron chi connectivity index (χ0n) is 9.89. The Balaban J connectivity index is 2.44. The van der Waals surface area contributed by atoms with Crippen molar-refractivity contribution in [2.45, 2.75) is 6.36 Å². The van der Waals surface area contributed by atoms with Gasteiger partial charge in [0.25, 0.3) is 0 Å². The number of alkyl halides is 3. The first-order valence-electron chi connectivity index (χ1n) is 5.40. The Hall–Kier alpha value is -2.57. The van der Waals surface area contributed by atoms with E-state index in [1.54, 1.807) is 0 Å². The van der Waals surface area contributed by atoms with Gasteiger partial charge in [0.15, 0.2) is 5.78 Å². The Bertz CT molecular complexity index is 627. The van der Waals surface area contributed by atoms with Crippen molar-refractivity contribution in [1.82, 2.24) is 4.98 Å². The third-order valence-corrected chi connectivity index (χ3v) is 2.38. The van der Waals surface area contributed by atoms with Gasteiger partial charge in [0.1, 0.15) is 11.5 Å². The van der Waals surface area contributed by atoms with Crippen LogP contribution in [0.5, 0.6) is 11.5 Å². The number of hydrogen-bond acceptors (Lipinski definition) is 4. The van der Waals surface area contributed by atoms with Crippen LogP contribution in [-0.2, 0) is 0 Å². The molecule has 2 rings (SSSR count). The molecule has 2 aromatic rings. The number of carbonyl (C=O) groups excluding carboxylic acids is 1. The van der Waals surface area contributed by atoms with Gasteiger partial charge in [0.05, 0.1) is 5.56 Å². The SMILES string of the molecule is O=C(c1ccncc1)c1cc(O)ccc1OC(F)(F)F. The minimum Gasteiger partial charge on any atom is -0.508 e. The number of halogens is 3. The lowest BCUT2D eigenvalue weighted by molar-refractivity contribution is -0.274. The first kappa shape index (κ1) is 13.9. The molecule has 0 radical (unpaired) electrons. The topological polar surface area (TPSA) is 59.4 Å². The molecule has 4 nitrogen and oxygen atoms in total. The zero-order valence-corrected chi connectivity index (χ0v) is 9.89. The Morgan fingerprint density at radius 2 is 1.80 bits per heavy atom. The molecule has 0 saturated carbocycles. The molecule has 1 aromatic carbocycles. The number of aromatic hydroxyl groups is 1. The van der Waals surface area contributed by atoms with E-state index in [2.05, 4.69) is 9.72 Å². The highest BCUT2D eigenvalue weighted by Crippen LogP contribution is 2.30. The maximum absolute atomic E-state index is 12.3.